The molecule has 0 fully saturated rings. The molecule has 0 aliphatic heterocycles. The number of alkyl halides is 4. The van der Waals surface area contributed by atoms with Crippen molar-refractivity contribution in [3.63, 3.8) is 0 Å². The van der Waals surface area contributed by atoms with E-state index in [0.29, 0.717) is 5.56 Å². The number of hydrogen-bond donors (Lipinski definition) is 1. The highest BCUT2D eigenvalue weighted by molar-refractivity contribution is 5.29. The number of aliphatic hydroxyl groups excluding tert-OH is 1. The molecule has 0 bridgehead atoms. The van der Waals surface area contributed by atoms with E-state index in [1.165, 1.54) is 19.1 Å². The molecule has 1 atom stereocenters. The lowest BCUT2D eigenvalue weighted by atomic mass is 10.1. The number of rotatable bonds is 4. The third kappa shape index (κ3) is 3.10. The van der Waals surface area contributed by atoms with E-state index in [4.69, 9.17) is 5.11 Å². The van der Waals surface area contributed by atoms with Gasteiger partial charge in [-0.3, -0.25) is 0 Å². The van der Waals surface area contributed by atoms with Crippen molar-refractivity contribution < 1.29 is 27.4 Å². The van der Waals surface area contributed by atoms with Crippen molar-refractivity contribution in [3.05, 3.63) is 29.8 Å². The van der Waals surface area contributed by atoms with Crippen LogP contribution in [0, 0.1) is 0 Å². The number of halogens is 4. The Morgan fingerprint density at radius 1 is 1.31 bits per heavy atom. The van der Waals surface area contributed by atoms with Gasteiger partial charge in [0.2, 0.25) is 0 Å². The summed E-state index contributed by atoms with van der Waals surface area (Å²) >= 11 is 0. The summed E-state index contributed by atoms with van der Waals surface area (Å²) < 4.78 is 52.6. The standard InChI is InChI=1S/C10H10F4O2/c1-6(15)7-3-2-4-8(5-7)16-10(13,14)9(11)12/h2-6,9,15H,1H3/t6-/m0/s1. The summed E-state index contributed by atoms with van der Waals surface area (Å²) in [5, 5.41) is 9.16. The van der Waals surface area contributed by atoms with E-state index in [-0.39, 0.29) is 0 Å². The van der Waals surface area contributed by atoms with Crippen molar-refractivity contribution in [1.29, 1.82) is 0 Å². The summed E-state index contributed by atoms with van der Waals surface area (Å²) in [4.78, 5) is 0. The predicted octanol–water partition coefficient (Wildman–Crippen LogP) is 2.98. The van der Waals surface area contributed by atoms with Crippen molar-refractivity contribution in [2.45, 2.75) is 25.6 Å². The van der Waals surface area contributed by atoms with E-state index in [2.05, 4.69) is 4.74 Å². The van der Waals surface area contributed by atoms with Crippen LogP contribution in [-0.2, 0) is 0 Å². The molecule has 1 aromatic rings. The Kier molecular flexibility index (Phi) is 3.74. The SMILES string of the molecule is C[C@H](O)c1cccc(OC(F)(F)C(F)F)c1. The Hall–Kier alpha value is -1.30. The Bertz CT molecular complexity index is 352. The second kappa shape index (κ2) is 4.69. The molecule has 0 amide bonds. The zero-order valence-corrected chi connectivity index (χ0v) is 8.33. The van der Waals surface area contributed by atoms with Crippen LogP contribution in [0.3, 0.4) is 0 Å². The molecule has 1 aromatic carbocycles. The van der Waals surface area contributed by atoms with Gasteiger partial charge in [0.05, 0.1) is 6.10 Å². The molecule has 0 saturated heterocycles. The maximum absolute atomic E-state index is 12.5. The van der Waals surface area contributed by atoms with E-state index in [1.54, 1.807) is 0 Å². The first-order valence-electron chi connectivity index (χ1n) is 4.46. The van der Waals surface area contributed by atoms with Gasteiger partial charge in [0, 0.05) is 0 Å². The molecule has 1 N–H and O–H groups in total. The molecule has 6 heteroatoms. The fraction of sp³-hybridized carbons (Fsp3) is 0.400. The monoisotopic (exact) mass is 238 g/mol. The van der Waals surface area contributed by atoms with Gasteiger partial charge in [-0.15, -0.1) is 0 Å². The fourth-order valence-corrected chi connectivity index (χ4v) is 1.04. The van der Waals surface area contributed by atoms with Gasteiger partial charge in [-0.25, -0.2) is 0 Å². The summed E-state index contributed by atoms with van der Waals surface area (Å²) in [6.45, 7) is 1.42. The summed E-state index contributed by atoms with van der Waals surface area (Å²) in [5.41, 5.74) is 0.308. The minimum Gasteiger partial charge on any atom is -0.428 e. The first-order chi connectivity index (χ1) is 7.33. The number of benzene rings is 1. The van der Waals surface area contributed by atoms with Gasteiger partial charge < -0.3 is 9.84 Å². The van der Waals surface area contributed by atoms with Crippen LogP contribution >= 0.6 is 0 Å². The Balaban J connectivity index is 2.86. The van der Waals surface area contributed by atoms with Gasteiger partial charge in [-0.1, -0.05) is 12.1 Å². The van der Waals surface area contributed by atoms with Crippen LogP contribution in [0.25, 0.3) is 0 Å². The smallest absolute Gasteiger partial charge is 0.428 e. The number of aliphatic hydroxyl groups is 1. The molecule has 0 saturated carbocycles. The molecular weight excluding hydrogens is 228 g/mol. The van der Waals surface area contributed by atoms with E-state index < -0.39 is 24.4 Å². The van der Waals surface area contributed by atoms with Crippen LogP contribution in [0.4, 0.5) is 17.6 Å². The molecule has 90 valence electrons. The molecule has 0 spiro atoms. The van der Waals surface area contributed by atoms with E-state index in [0.717, 1.165) is 12.1 Å². The molecule has 0 aliphatic carbocycles. The van der Waals surface area contributed by atoms with Crippen LogP contribution in [0.5, 0.6) is 5.75 Å². The zero-order chi connectivity index (χ0) is 12.3. The molecule has 0 unspecified atom stereocenters. The van der Waals surface area contributed by atoms with E-state index in [1.807, 2.05) is 0 Å². The minimum absolute atomic E-state index is 0.308. The number of hydrogen-bond acceptors (Lipinski definition) is 2. The highest BCUT2D eigenvalue weighted by atomic mass is 19.3. The largest absolute Gasteiger partial charge is 0.461 e. The zero-order valence-electron chi connectivity index (χ0n) is 8.33. The summed E-state index contributed by atoms with van der Waals surface area (Å²) in [7, 11) is 0. The van der Waals surface area contributed by atoms with Gasteiger partial charge >= 0.3 is 12.5 Å². The third-order valence-corrected chi connectivity index (χ3v) is 1.85. The lowest BCUT2D eigenvalue weighted by molar-refractivity contribution is -0.253. The Morgan fingerprint density at radius 2 is 1.94 bits per heavy atom. The topological polar surface area (TPSA) is 29.5 Å². The van der Waals surface area contributed by atoms with Crippen LogP contribution in [0.15, 0.2) is 24.3 Å². The van der Waals surface area contributed by atoms with Gasteiger partial charge in [0.25, 0.3) is 0 Å². The normalized spacial score (nSPS) is 13.9. The second-order valence-corrected chi connectivity index (χ2v) is 3.21. The predicted molar refractivity (Wildman–Crippen MR) is 48.7 cm³/mol. The summed E-state index contributed by atoms with van der Waals surface area (Å²) in [6, 6.07) is 5.00. The summed E-state index contributed by atoms with van der Waals surface area (Å²) in [5.74, 6) is -0.413. The first kappa shape index (κ1) is 12.8. The van der Waals surface area contributed by atoms with Crippen LogP contribution in [0.1, 0.15) is 18.6 Å². The molecule has 1 rings (SSSR count). The van der Waals surface area contributed by atoms with Gasteiger partial charge in [-0.2, -0.15) is 17.6 Å². The minimum atomic E-state index is -4.53. The second-order valence-electron chi connectivity index (χ2n) is 3.21. The van der Waals surface area contributed by atoms with Crippen molar-refractivity contribution >= 4 is 0 Å². The highest BCUT2D eigenvalue weighted by Gasteiger charge is 2.43. The van der Waals surface area contributed by atoms with Crippen molar-refractivity contribution in [2.24, 2.45) is 0 Å². The lowest BCUT2D eigenvalue weighted by Gasteiger charge is -2.17. The Morgan fingerprint density at radius 3 is 2.44 bits per heavy atom. The van der Waals surface area contributed by atoms with Crippen LogP contribution < -0.4 is 4.74 Å². The number of ether oxygens (including phenoxy) is 1. The van der Waals surface area contributed by atoms with Gasteiger partial charge in [0.15, 0.2) is 0 Å². The quantitative estimate of drug-likeness (QED) is 0.817. The maximum Gasteiger partial charge on any atom is 0.461 e. The van der Waals surface area contributed by atoms with Crippen molar-refractivity contribution in [1.82, 2.24) is 0 Å². The fourth-order valence-electron chi connectivity index (χ4n) is 1.04. The first-order valence-corrected chi connectivity index (χ1v) is 4.46. The molecule has 0 aliphatic rings. The molecule has 0 radical (unpaired) electrons. The van der Waals surface area contributed by atoms with E-state index in [9.17, 15) is 17.6 Å². The highest BCUT2D eigenvalue weighted by Crippen LogP contribution is 2.28. The van der Waals surface area contributed by atoms with Crippen molar-refractivity contribution in [2.75, 3.05) is 0 Å². The lowest BCUT2D eigenvalue weighted by Crippen LogP contribution is -2.33. The van der Waals surface area contributed by atoms with E-state index >= 15 is 0 Å². The third-order valence-electron chi connectivity index (χ3n) is 1.85. The maximum atomic E-state index is 12.5. The van der Waals surface area contributed by atoms with Crippen LogP contribution in [0.2, 0.25) is 0 Å². The van der Waals surface area contributed by atoms with Gasteiger partial charge in [-0.05, 0) is 24.6 Å². The Labute approximate surface area is 89.5 Å². The molecule has 16 heavy (non-hydrogen) atoms. The average molecular weight is 238 g/mol. The van der Waals surface area contributed by atoms with Gasteiger partial charge in [0.1, 0.15) is 5.75 Å². The molecule has 0 heterocycles. The van der Waals surface area contributed by atoms with Crippen molar-refractivity contribution in [3.8, 4) is 5.75 Å². The average Bonchev–Trinajstić information content (AvgIpc) is 2.17. The summed E-state index contributed by atoms with van der Waals surface area (Å²) in [6.07, 6.45) is -9.32. The molecular formula is C10H10F4O2. The van der Waals surface area contributed by atoms with Crippen LogP contribution in [-0.4, -0.2) is 17.6 Å². The molecule has 0 aromatic heterocycles. The molecule has 2 nitrogen and oxygen atoms in total.